The first kappa shape index (κ1) is 24.6. The minimum Gasteiger partial charge on any atom is -0.346 e. The minimum atomic E-state index is -4.31. The Balaban J connectivity index is 0.00000625. The van der Waals surface area contributed by atoms with Gasteiger partial charge in [-0.15, -0.1) is 24.2 Å². The molecule has 1 rings (SSSR count). The van der Waals surface area contributed by atoms with Crippen LogP contribution in [-0.2, 0) is 9.59 Å². The number of hydrogen-bond donors (Lipinski definition) is 3. The third-order valence-electron chi connectivity index (χ3n) is 3.24. The molecular formula is C16H23ClF3N3O2S. The number of rotatable bonds is 7. The summed E-state index contributed by atoms with van der Waals surface area (Å²) >= 11 is 0.591. The van der Waals surface area contributed by atoms with E-state index in [4.69, 9.17) is 5.73 Å². The van der Waals surface area contributed by atoms with Crippen LogP contribution in [0.15, 0.2) is 23.1 Å². The van der Waals surface area contributed by atoms with Crippen LogP contribution >= 0.6 is 24.2 Å². The number of carbonyl (C=O) groups is 2. The third kappa shape index (κ3) is 8.77. The second-order valence-corrected chi connectivity index (χ2v) is 6.96. The van der Waals surface area contributed by atoms with Crippen molar-refractivity contribution in [2.75, 3.05) is 17.6 Å². The van der Waals surface area contributed by atoms with E-state index in [0.29, 0.717) is 16.7 Å². The van der Waals surface area contributed by atoms with Gasteiger partial charge in [0.1, 0.15) is 0 Å². The summed E-state index contributed by atoms with van der Waals surface area (Å²) in [6.07, 6.45) is -4.31. The number of amides is 2. The fourth-order valence-corrected chi connectivity index (χ4v) is 2.56. The lowest BCUT2D eigenvalue weighted by molar-refractivity contribution is -0.125. The molecule has 1 atom stereocenters. The van der Waals surface area contributed by atoms with Crippen molar-refractivity contribution in [2.45, 2.75) is 37.9 Å². The fourth-order valence-electron chi connectivity index (χ4n) is 1.81. The molecule has 4 N–H and O–H groups in total. The molecule has 1 aromatic rings. The number of aryl methyl sites for hydroxylation is 1. The zero-order valence-electron chi connectivity index (χ0n) is 14.6. The van der Waals surface area contributed by atoms with Crippen LogP contribution in [0, 0.1) is 12.8 Å². The number of benzene rings is 1. The Morgan fingerprint density at radius 2 is 1.88 bits per heavy atom. The number of alkyl halides is 3. The topological polar surface area (TPSA) is 84.2 Å². The summed E-state index contributed by atoms with van der Waals surface area (Å²) in [4.78, 5) is 24.0. The normalized spacial score (nSPS) is 12.3. The van der Waals surface area contributed by atoms with Gasteiger partial charge in [0, 0.05) is 4.90 Å². The van der Waals surface area contributed by atoms with Gasteiger partial charge in [-0.3, -0.25) is 9.59 Å². The molecule has 0 heterocycles. The fraction of sp³-hybridized carbons (Fsp3) is 0.500. The summed E-state index contributed by atoms with van der Waals surface area (Å²) in [5, 5.41) is 4.94. The molecule has 0 saturated heterocycles. The van der Waals surface area contributed by atoms with E-state index in [1.807, 2.05) is 0 Å². The maximum absolute atomic E-state index is 12.4. The van der Waals surface area contributed by atoms with E-state index in [9.17, 15) is 22.8 Å². The zero-order chi connectivity index (χ0) is 19.2. The van der Waals surface area contributed by atoms with Crippen LogP contribution in [-0.4, -0.2) is 36.3 Å². The molecule has 0 unspecified atom stereocenters. The summed E-state index contributed by atoms with van der Waals surface area (Å²) in [6, 6.07) is 4.04. The van der Waals surface area contributed by atoms with Crippen LogP contribution in [0.5, 0.6) is 0 Å². The van der Waals surface area contributed by atoms with Gasteiger partial charge in [0.25, 0.3) is 0 Å². The Morgan fingerprint density at radius 1 is 1.27 bits per heavy atom. The van der Waals surface area contributed by atoms with Gasteiger partial charge < -0.3 is 16.4 Å². The summed E-state index contributed by atoms with van der Waals surface area (Å²) in [7, 11) is 0. The highest BCUT2D eigenvalue weighted by Crippen LogP contribution is 2.32. The predicted molar refractivity (Wildman–Crippen MR) is 99.7 cm³/mol. The molecule has 0 aliphatic rings. The minimum absolute atomic E-state index is 0. The van der Waals surface area contributed by atoms with Gasteiger partial charge in [-0.25, -0.2) is 0 Å². The summed E-state index contributed by atoms with van der Waals surface area (Å²) in [5.74, 6) is -2.13. The molecular weight excluding hydrogens is 391 g/mol. The SMILES string of the molecule is Cc1ccc(SCC(F)(F)F)c(NC(=O)CNC(=O)[C@@H](N)C(C)C)c1.Cl. The molecule has 1 aromatic carbocycles. The highest BCUT2D eigenvalue weighted by Gasteiger charge is 2.28. The van der Waals surface area contributed by atoms with Crippen molar-refractivity contribution in [2.24, 2.45) is 11.7 Å². The molecule has 148 valence electrons. The van der Waals surface area contributed by atoms with Crippen LogP contribution in [0.4, 0.5) is 18.9 Å². The third-order valence-corrected chi connectivity index (χ3v) is 4.38. The molecule has 0 saturated carbocycles. The quantitative estimate of drug-likeness (QED) is 0.600. The van der Waals surface area contributed by atoms with Crippen molar-refractivity contribution >= 4 is 41.7 Å². The highest BCUT2D eigenvalue weighted by atomic mass is 35.5. The molecule has 0 aromatic heterocycles. The lowest BCUT2D eigenvalue weighted by Gasteiger charge is -2.16. The average molecular weight is 414 g/mol. The van der Waals surface area contributed by atoms with Gasteiger partial charge in [-0.2, -0.15) is 13.2 Å². The largest absolute Gasteiger partial charge is 0.398 e. The van der Waals surface area contributed by atoms with Crippen molar-refractivity contribution in [3.63, 3.8) is 0 Å². The van der Waals surface area contributed by atoms with E-state index >= 15 is 0 Å². The number of nitrogens with one attached hydrogen (secondary N) is 2. The molecule has 0 spiro atoms. The lowest BCUT2D eigenvalue weighted by Crippen LogP contribution is -2.46. The first-order chi connectivity index (χ1) is 11.5. The predicted octanol–water partition coefficient (Wildman–Crippen LogP) is 3.11. The number of anilines is 1. The van der Waals surface area contributed by atoms with E-state index in [1.165, 1.54) is 6.07 Å². The average Bonchev–Trinajstić information content (AvgIpc) is 2.50. The molecule has 0 aliphatic heterocycles. The van der Waals surface area contributed by atoms with Crippen LogP contribution in [0.3, 0.4) is 0 Å². The smallest absolute Gasteiger partial charge is 0.346 e. The van der Waals surface area contributed by atoms with Crippen molar-refractivity contribution < 1.29 is 22.8 Å². The number of thioether (sulfide) groups is 1. The maximum atomic E-state index is 12.4. The molecule has 0 radical (unpaired) electrons. The number of halogens is 4. The Labute approximate surface area is 161 Å². The van der Waals surface area contributed by atoms with E-state index in [0.717, 1.165) is 5.56 Å². The second-order valence-electron chi connectivity index (χ2n) is 5.94. The Bertz CT molecular complexity index is 627. The van der Waals surface area contributed by atoms with Gasteiger partial charge in [0.05, 0.1) is 24.0 Å². The van der Waals surface area contributed by atoms with Crippen molar-refractivity contribution in [1.29, 1.82) is 0 Å². The lowest BCUT2D eigenvalue weighted by atomic mass is 10.1. The van der Waals surface area contributed by atoms with Crippen molar-refractivity contribution in [3.05, 3.63) is 23.8 Å². The van der Waals surface area contributed by atoms with Gasteiger partial charge in [0.15, 0.2) is 0 Å². The monoisotopic (exact) mass is 413 g/mol. The molecule has 10 heteroatoms. The standard InChI is InChI=1S/C16H22F3N3O2S.ClH/c1-9(2)14(20)15(24)21-7-13(23)22-11-6-10(3)4-5-12(11)25-8-16(17,18)19;/h4-6,9,14H,7-8,20H2,1-3H3,(H,21,24)(H,22,23);1H/t14-;/m0./s1. The van der Waals surface area contributed by atoms with E-state index in [-0.39, 0.29) is 30.6 Å². The molecule has 0 bridgehead atoms. The summed E-state index contributed by atoms with van der Waals surface area (Å²) in [5.41, 5.74) is 6.74. The second kappa shape index (κ2) is 10.6. The molecule has 2 amide bonds. The summed E-state index contributed by atoms with van der Waals surface area (Å²) < 4.78 is 37.2. The number of nitrogens with two attached hydrogens (primary N) is 1. The van der Waals surface area contributed by atoms with E-state index in [1.54, 1.807) is 32.9 Å². The van der Waals surface area contributed by atoms with Gasteiger partial charge in [-0.1, -0.05) is 19.9 Å². The van der Waals surface area contributed by atoms with Crippen LogP contribution < -0.4 is 16.4 Å². The Morgan fingerprint density at radius 3 is 2.42 bits per heavy atom. The number of hydrogen-bond acceptors (Lipinski definition) is 4. The van der Waals surface area contributed by atoms with Gasteiger partial charge >= 0.3 is 6.18 Å². The Hall–Kier alpha value is -1.45. The maximum Gasteiger partial charge on any atom is 0.398 e. The Kier molecular flexibility index (Phi) is 10.0. The van der Waals surface area contributed by atoms with Crippen LogP contribution in [0.25, 0.3) is 0 Å². The first-order valence-electron chi connectivity index (χ1n) is 7.63. The molecule has 0 aliphatic carbocycles. The zero-order valence-corrected chi connectivity index (χ0v) is 16.3. The number of carbonyl (C=O) groups excluding carboxylic acids is 2. The van der Waals surface area contributed by atoms with E-state index in [2.05, 4.69) is 10.6 Å². The van der Waals surface area contributed by atoms with Crippen molar-refractivity contribution in [3.8, 4) is 0 Å². The first-order valence-corrected chi connectivity index (χ1v) is 8.61. The molecule has 0 fully saturated rings. The molecule has 5 nitrogen and oxygen atoms in total. The molecule has 26 heavy (non-hydrogen) atoms. The van der Waals surface area contributed by atoms with Crippen LogP contribution in [0.2, 0.25) is 0 Å². The van der Waals surface area contributed by atoms with Gasteiger partial charge in [-0.05, 0) is 30.5 Å². The highest BCUT2D eigenvalue weighted by molar-refractivity contribution is 7.99. The summed E-state index contributed by atoms with van der Waals surface area (Å²) in [6.45, 7) is 5.01. The van der Waals surface area contributed by atoms with Gasteiger partial charge in [0.2, 0.25) is 11.8 Å². The van der Waals surface area contributed by atoms with E-state index < -0.39 is 29.8 Å². The van der Waals surface area contributed by atoms with Crippen LogP contribution in [0.1, 0.15) is 19.4 Å². The van der Waals surface area contributed by atoms with Crippen molar-refractivity contribution in [1.82, 2.24) is 5.32 Å².